The lowest BCUT2D eigenvalue weighted by molar-refractivity contribution is 0.0527. The van der Waals surface area contributed by atoms with Crippen molar-refractivity contribution in [3.8, 4) is 0 Å². The predicted molar refractivity (Wildman–Crippen MR) is 65.7 cm³/mol. The van der Waals surface area contributed by atoms with Gasteiger partial charge in [-0.2, -0.15) is 4.37 Å². The highest BCUT2D eigenvalue weighted by Gasteiger charge is 2.23. The first kappa shape index (κ1) is 12.3. The third-order valence-corrected chi connectivity index (χ3v) is 3.48. The Morgan fingerprint density at radius 2 is 2.53 bits per heavy atom. The molecule has 1 aromatic rings. The van der Waals surface area contributed by atoms with E-state index in [9.17, 15) is 4.79 Å². The molecule has 2 heterocycles. The molecule has 5 nitrogen and oxygen atoms in total. The van der Waals surface area contributed by atoms with Crippen molar-refractivity contribution in [1.29, 1.82) is 0 Å². The maximum atomic E-state index is 11.8. The third-order valence-electron chi connectivity index (χ3n) is 2.61. The lowest BCUT2D eigenvalue weighted by atomic mass is 10.2. The highest BCUT2D eigenvalue weighted by Crippen LogP contribution is 2.27. The number of hydrogen-bond donors (Lipinski definition) is 1. The second kappa shape index (κ2) is 5.46. The lowest BCUT2D eigenvalue weighted by Crippen LogP contribution is -2.20. The number of nitrogens with zero attached hydrogens (tertiary/aromatic N) is 1. The average molecular weight is 256 g/mol. The fraction of sp³-hybridized carbons (Fsp3) is 0.636. The van der Waals surface area contributed by atoms with Crippen molar-refractivity contribution in [2.75, 3.05) is 25.1 Å². The molecule has 1 fully saturated rings. The van der Waals surface area contributed by atoms with Crippen molar-refractivity contribution in [3.05, 3.63) is 11.3 Å². The molecule has 17 heavy (non-hydrogen) atoms. The Balaban J connectivity index is 2.13. The summed E-state index contributed by atoms with van der Waals surface area (Å²) in [5.41, 5.74) is 1.28. The number of aryl methyl sites for hydroxylation is 1. The summed E-state index contributed by atoms with van der Waals surface area (Å²) in [5, 5.41) is 4.09. The summed E-state index contributed by atoms with van der Waals surface area (Å²) in [6, 6.07) is 0.267. The van der Waals surface area contributed by atoms with Gasteiger partial charge in [0.15, 0.2) is 0 Å². The van der Waals surface area contributed by atoms with Crippen molar-refractivity contribution in [2.24, 2.45) is 0 Å². The summed E-state index contributed by atoms with van der Waals surface area (Å²) < 4.78 is 14.5. The molecule has 1 unspecified atom stereocenters. The first-order valence-electron chi connectivity index (χ1n) is 5.70. The Labute approximate surface area is 104 Å². The molecule has 6 heteroatoms. The van der Waals surface area contributed by atoms with E-state index in [4.69, 9.17) is 9.47 Å². The number of carbonyl (C=O) groups excluding carboxylic acids is 1. The molecular weight excluding hydrogens is 240 g/mol. The van der Waals surface area contributed by atoms with Crippen molar-refractivity contribution < 1.29 is 14.3 Å². The molecule has 2 rings (SSSR count). The normalized spacial score (nSPS) is 19.3. The zero-order valence-electron chi connectivity index (χ0n) is 9.99. The van der Waals surface area contributed by atoms with Crippen LogP contribution in [0.4, 0.5) is 5.00 Å². The van der Waals surface area contributed by atoms with Crippen LogP contribution in [0.3, 0.4) is 0 Å². The molecule has 0 saturated carbocycles. The minimum atomic E-state index is -0.305. The molecule has 0 spiro atoms. The van der Waals surface area contributed by atoms with Crippen LogP contribution in [0.5, 0.6) is 0 Å². The standard InChI is InChI=1S/C11H16N2O3S/c1-3-16-11(14)9-7(2)13-17-10(9)12-8-4-5-15-6-8/h8,12H,3-6H2,1-2H3. The number of aromatic nitrogens is 1. The van der Waals surface area contributed by atoms with Crippen LogP contribution in [0, 0.1) is 6.92 Å². The molecule has 1 saturated heterocycles. The zero-order chi connectivity index (χ0) is 12.3. The van der Waals surface area contributed by atoms with Gasteiger partial charge in [0.1, 0.15) is 10.6 Å². The van der Waals surface area contributed by atoms with E-state index in [1.165, 1.54) is 11.5 Å². The number of hydrogen-bond acceptors (Lipinski definition) is 6. The van der Waals surface area contributed by atoms with Crippen LogP contribution in [-0.4, -0.2) is 36.2 Å². The number of nitrogens with one attached hydrogen (secondary N) is 1. The largest absolute Gasteiger partial charge is 0.462 e. The van der Waals surface area contributed by atoms with Crippen molar-refractivity contribution in [2.45, 2.75) is 26.3 Å². The van der Waals surface area contributed by atoms with Crippen molar-refractivity contribution in [3.63, 3.8) is 0 Å². The van der Waals surface area contributed by atoms with E-state index in [2.05, 4.69) is 9.69 Å². The topological polar surface area (TPSA) is 60.5 Å². The molecule has 1 aliphatic rings. The monoisotopic (exact) mass is 256 g/mol. The highest BCUT2D eigenvalue weighted by atomic mass is 32.1. The number of ether oxygens (including phenoxy) is 2. The summed E-state index contributed by atoms with van der Waals surface area (Å²) >= 11 is 1.30. The van der Waals surface area contributed by atoms with Crippen molar-refractivity contribution >= 4 is 22.5 Å². The van der Waals surface area contributed by atoms with E-state index < -0.39 is 0 Å². The van der Waals surface area contributed by atoms with Crippen LogP contribution in [0.15, 0.2) is 0 Å². The second-order valence-electron chi connectivity index (χ2n) is 3.90. The molecule has 0 bridgehead atoms. The Bertz CT molecular complexity index is 399. The summed E-state index contributed by atoms with van der Waals surface area (Å²) in [4.78, 5) is 11.8. The second-order valence-corrected chi connectivity index (χ2v) is 4.67. The van der Waals surface area contributed by atoms with Gasteiger partial charge in [-0.05, 0) is 31.8 Å². The van der Waals surface area contributed by atoms with Crippen molar-refractivity contribution in [1.82, 2.24) is 4.37 Å². The van der Waals surface area contributed by atoms with Gasteiger partial charge in [-0.1, -0.05) is 0 Å². The quantitative estimate of drug-likeness (QED) is 0.833. The van der Waals surface area contributed by atoms with E-state index in [1.807, 2.05) is 6.92 Å². The molecule has 94 valence electrons. The van der Waals surface area contributed by atoms with Crippen LogP contribution < -0.4 is 5.32 Å². The van der Waals surface area contributed by atoms with Gasteiger partial charge in [0.05, 0.1) is 24.9 Å². The van der Waals surface area contributed by atoms with Gasteiger partial charge in [0.2, 0.25) is 0 Å². The van der Waals surface area contributed by atoms with Crippen LogP contribution in [-0.2, 0) is 9.47 Å². The number of carbonyl (C=O) groups is 1. The molecule has 1 N–H and O–H groups in total. The maximum absolute atomic E-state index is 11.8. The van der Waals surface area contributed by atoms with Crippen LogP contribution >= 0.6 is 11.5 Å². The molecule has 1 aliphatic heterocycles. The van der Waals surface area contributed by atoms with E-state index >= 15 is 0 Å². The number of rotatable bonds is 4. The molecule has 0 amide bonds. The number of esters is 1. The SMILES string of the molecule is CCOC(=O)c1c(C)nsc1NC1CCOC1. The van der Waals surface area contributed by atoms with Crippen LogP contribution in [0.2, 0.25) is 0 Å². The van der Waals surface area contributed by atoms with E-state index in [1.54, 1.807) is 6.92 Å². The molecule has 0 aromatic carbocycles. The first-order valence-corrected chi connectivity index (χ1v) is 6.47. The highest BCUT2D eigenvalue weighted by molar-refractivity contribution is 7.10. The number of anilines is 1. The van der Waals surface area contributed by atoms with Gasteiger partial charge in [-0.25, -0.2) is 4.79 Å². The Morgan fingerprint density at radius 1 is 1.71 bits per heavy atom. The van der Waals surface area contributed by atoms with Gasteiger partial charge >= 0.3 is 5.97 Å². The van der Waals surface area contributed by atoms with E-state index in [-0.39, 0.29) is 12.0 Å². The molecule has 0 aliphatic carbocycles. The summed E-state index contributed by atoms with van der Waals surface area (Å²) in [6.07, 6.45) is 0.958. The van der Waals surface area contributed by atoms with E-state index in [0.29, 0.717) is 18.8 Å². The minimum Gasteiger partial charge on any atom is -0.462 e. The first-order chi connectivity index (χ1) is 8.22. The smallest absolute Gasteiger partial charge is 0.343 e. The Morgan fingerprint density at radius 3 is 3.18 bits per heavy atom. The molecule has 1 atom stereocenters. The van der Waals surface area contributed by atoms with Gasteiger partial charge in [0, 0.05) is 6.61 Å². The zero-order valence-corrected chi connectivity index (χ0v) is 10.8. The summed E-state index contributed by atoms with van der Waals surface area (Å²) in [7, 11) is 0. The third kappa shape index (κ3) is 2.76. The summed E-state index contributed by atoms with van der Waals surface area (Å²) in [5.74, 6) is -0.305. The van der Waals surface area contributed by atoms with Gasteiger partial charge in [-0.3, -0.25) is 0 Å². The average Bonchev–Trinajstić information content (AvgIpc) is 2.90. The maximum Gasteiger partial charge on any atom is 0.343 e. The molecule has 0 radical (unpaired) electrons. The molecular formula is C11H16N2O3S. The fourth-order valence-electron chi connectivity index (χ4n) is 1.75. The van der Waals surface area contributed by atoms with Gasteiger partial charge in [-0.15, -0.1) is 0 Å². The Hall–Kier alpha value is -1.14. The predicted octanol–water partition coefficient (Wildman–Crippen LogP) is 1.83. The van der Waals surface area contributed by atoms with E-state index in [0.717, 1.165) is 23.7 Å². The summed E-state index contributed by atoms with van der Waals surface area (Å²) in [6.45, 7) is 5.44. The minimum absolute atomic E-state index is 0.267. The Kier molecular flexibility index (Phi) is 3.96. The lowest BCUT2D eigenvalue weighted by Gasteiger charge is -2.11. The van der Waals surface area contributed by atoms with Crippen LogP contribution in [0.25, 0.3) is 0 Å². The fourth-order valence-corrected chi connectivity index (χ4v) is 2.61. The van der Waals surface area contributed by atoms with Crippen LogP contribution in [0.1, 0.15) is 29.4 Å². The van der Waals surface area contributed by atoms with Gasteiger partial charge < -0.3 is 14.8 Å². The van der Waals surface area contributed by atoms with Gasteiger partial charge in [0.25, 0.3) is 0 Å². The molecule has 1 aromatic heterocycles.